The maximum absolute atomic E-state index is 14.8. The van der Waals surface area contributed by atoms with Crippen molar-refractivity contribution in [1.82, 2.24) is 4.98 Å². The highest BCUT2D eigenvalue weighted by Crippen LogP contribution is 2.44. The van der Waals surface area contributed by atoms with Crippen LogP contribution in [0.3, 0.4) is 0 Å². The molecule has 2 heterocycles. The van der Waals surface area contributed by atoms with E-state index in [1.165, 1.54) is 18.3 Å². The first-order chi connectivity index (χ1) is 14.7. The van der Waals surface area contributed by atoms with Crippen LogP contribution < -0.4 is 11.1 Å². The van der Waals surface area contributed by atoms with Crippen LogP contribution in [0.15, 0.2) is 41.5 Å². The van der Waals surface area contributed by atoms with Gasteiger partial charge in [-0.25, -0.2) is 13.2 Å². The third-order valence-corrected chi connectivity index (χ3v) is 4.89. The summed E-state index contributed by atoms with van der Waals surface area (Å²) in [6.07, 6.45) is 1.51. The highest BCUT2D eigenvalue weighted by atomic mass is 19.3. The minimum Gasteiger partial charge on any atom is -0.385 e. The van der Waals surface area contributed by atoms with Crippen LogP contribution in [0.2, 0.25) is 0 Å². The Morgan fingerprint density at radius 3 is 2.77 bits per heavy atom. The van der Waals surface area contributed by atoms with Crippen molar-refractivity contribution >= 4 is 17.4 Å². The van der Waals surface area contributed by atoms with Gasteiger partial charge in [-0.3, -0.25) is 14.8 Å². The molecular weight excluding hydrogens is 413 g/mol. The molecule has 0 fully saturated rings. The van der Waals surface area contributed by atoms with Gasteiger partial charge in [0.2, 0.25) is 0 Å². The second-order valence-electron chi connectivity index (χ2n) is 7.21. The number of carbonyl (C=O) groups excluding carboxylic acids is 1. The average Bonchev–Trinajstić information content (AvgIpc) is 2.83. The lowest BCUT2D eigenvalue weighted by Gasteiger charge is -2.33. The highest BCUT2D eigenvalue weighted by Gasteiger charge is 2.54. The van der Waals surface area contributed by atoms with Crippen molar-refractivity contribution in [1.29, 1.82) is 0 Å². The lowest BCUT2D eigenvalue weighted by molar-refractivity contribution is -0.116. The summed E-state index contributed by atoms with van der Waals surface area (Å²) in [7, 11) is 0. The van der Waals surface area contributed by atoms with E-state index in [-0.39, 0.29) is 23.8 Å². The van der Waals surface area contributed by atoms with Gasteiger partial charge in [-0.2, -0.15) is 0 Å². The molecule has 1 aromatic heterocycles. The molecule has 1 aliphatic rings. The van der Waals surface area contributed by atoms with E-state index in [4.69, 9.17) is 15.2 Å². The first-order valence-electron chi connectivity index (χ1n) is 9.60. The lowest BCUT2D eigenvalue weighted by Crippen LogP contribution is -2.45. The molecule has 3 rings (SSSR count). The molecule has 0 aliphatic carbocycles. The largest absolute Gasteiger partial charge is 0.385 e. The van der Waals surface area contributed by atoms with Gasteiger partial charge < -0.3 is 20.5 Å². The first kappa shape index (κ1) is 22.7. The molecule has 7 nitrogen and oxygen atoms in total. The van der Waals surface area contributed by atoms with Crippen LogP contribution in [-0.4, -0.2) is 42.5 Å². The van der Waals surface area contributed by atoms with E-state index in [1.807, 2.05) is 6.92 Å². The van der Waals surface area contributed by atoms with Gasteiger partial charge in [-0.15, -0.1) is 0 Å². The van der Waals surface area contributed by atoms with Gasteiger partial charge in [0.1, 0.15) is 30.6 Å². The smallest absolute Gasteiger partial charge is 0.299 e. The van der Waals surface area contributed by atoms with Crippen LogP contribution in [0.1, 0.15) is 35.5 Å². The fraction of sp³-hybridized carbons (Fsp3) is 0.381. The number of ether oxygens (including phenoxy) is 2. The van der Waals surface area contributed by atoms with E-state index in [1.54, 1.807) is 6.07 Å². The molecular formula is C21H23F3N4O3. The third kappa shape index (κ3) is 4.86. The summed E-state index contributed by atoms with van der Waals surface area (Å²) >= 11 is 0. The number of anilines is 1. The summed E-state index contributed by atoms with van der Waals surface area (Å²) in [4.78, 5) is 20.4. The molecule has 2 aromatic rings. The van der Waals surface area contributed by atoms with E-state index in [2.05, 4.69) is 15.3 Å². The fourth-order valence-electron chi connectivity index (χ4n) is 3.12. The first-order valence-corrected chi connectivity index (χ1v) is 9.60. The van der Waals surface area contributed by atoms with Gasteiger partial charge in [-0.1, -0.05) is 6.07 Å². The van der Waals surface area contributed by atoms with Crippen molar-refractivity contribution in [3.05, 3.63) is 59.2 Å². The third-order valence-electron chi connectivity index (χ3n) is 4.89. The van der Waals surface area contributed by atoms with Crippen molar-refractivity contribution in [3.8, 4) is 0 Å². The maximum atomic E-state index is 14.8. The summed E-state index contributed by atoms with van der Waals surface area (Å²) in [6.45, 7) is 2.61. The van der Waals surface area contributed by atoms with E-state index >= 15 is 0 Å². The Balaban J connectivity index is 1.87. The molecule has 1 aliphatic heterocycles. The summed E-state index contributed by atoms with van der Waals surface area (Å²) in [5.41, 5.74) is 3.93. The number of nitrogens with two attached hydrogens (primary N) is 1. The zero-order valence-electron chi connectivity index (χ0n) is 17.1. The Labute approximate surface area is 177 Å². The molecule has 0 bridgehead atoms. The number of carbonyl (C=O) groups is 1. The number of aliphatic imine (C=N–C) groups is 1. The molecule has 31 heavy (non-hydrogen) atoms. The topological polar surface area (TPSA) is 98.8 Å². The predicted molar refractivity (Wildman–Crippen MR) is 109 cm³/mol. The van der Waals surface area contributed by atoms with Crippen LogP contribution in [0, 0.1) is 5.82 Å². The number of rotatable bonds is 6. The summed E-state index contributed by atoms with van der Waals surface area (Å²) in [5.74, 6) is -5.19. The number of benzene rings is 1. The van der Waals surface area contributed by atoms with E-state index < -0.39 is 35.4 Å². The Bertz CT molecular complexity index is 982. The Morgan fingerprint density at radius 2 is 2.10 bits per heavy atom. The van der Waals surface area contributed by atoms with E-state index in [0.717, 1.165) is 24.6 Å². The molecule has 1 atom stereocenters. The number of nitrogens with zero attached hydrogens (tertiary/aromatic N) is 2. The summed E-state index contributed by atoms with van der Waals surface area (Å²) in [6, 6.07) is 6.58. The van der Waals surface area contributed by atoms with E-state index in [9.17, 15) is 18.0 Å². The maximum Gasteiger partial charge on any atom is 0.299 e. The zero-order chi connectivity index (χ0) is 22.6. The summed E-state index contributed by atoms with van der Waals surface area (Å²) < 4.78 is 54.3. The highest BCUT2D eigenvalue weighted by molar-refractivity contribution is 6.02. The van der Waals surface area contributed by atoms with Crippen LogP contribution in [0.4, 0.5) is 18.9 Å². The summed E-state index contributed by atoms with van der Waals surface area (Å²) in [5, 5.41) is 2.54. The van der Waals surface area contributed by atoms with Crippen LogP contribution in [-0.2, 0) is 21.6 Å². The number of amides is 1. The second kappa shape index (κ2) is 9.03. The van der Waals surface area contributed by atoms with Crippen molar-refractivity contribution < 1.29 is 27.4 Å². The molecule has 1 aromatic carbocycles. The number of hydrogen-bond donors (Lipinski definition) is 2. The standard InChI is InChI=1S/C21H23F3N4O3/c1-3-30-10-13-4-7-17(26-9-13)19(29)27-14-5-6-16(22)15(8-14)20(2)21(23,24)12-31-11-18(25)28-20/h4-9H,3,10-12H2,1-2H3,(H2,25,28)(H,27,29)/t20-/m1/s1. The molecule has 166 valence electrons. The van der Waals surface area contributed by atoms with Crippen molar-refractivity contribution in [2.45, 2.75) is 31.9 Å². The quantitative estimate of drug-likeness (QED) is 0.724. The molecule has 0 saturated heterocycles. The normalized spacial score (nSPS) is 20.6. The van der Waals surface area contributed by atoms with Gasteiger partial charge in [0.15, 0.2) is 5.54 Å². The zero-order valence-corrected chi connectivity index (χ0v) is 17.1. The number of nitrogens with one attached hydrogen (secondary N) is 1. The average molecular weight is 436 g/mol. The molecule has 0 unspecified atom stereocenters. The number of hydrogen-bond acceptors (Lipinski definition) is 6. The minimum absolute atomic E-state index is 0.104. The minimum atomic E-state index is -3.53. The van der Waals surface area contributed by atoms with Crippen LogP contribution in [0.5, 0.6) is 0 Å². The van der Waals surface area contributed by atoms with Gasteiger partial charge >= 0.3 is 0 Å². The van der Waals surface area contributed by atoms with Gasteiger partial charge in [-0.05, 0) is 43.7 Å². The number of alkyl halides is 2. The monoisotopic (exact) mass is 436 g/mol. The van der Waals surface area contributed by atoms with Crippen molar-refractivity contribution in [2.24, 2.45) is 10.7 Å². The fourth-order valence-corrected chi connectivity index (χ4v) is 3.12. The Morgan fingerprint density at radius 1 is 1.32 bits per heavy atom. The van der Waals surface area contributed by atoms with E-state index in [0.29, 0.717) is 13.2 Å². The predicted octanol–water partition coefficient (Wildman–Crippen LogP) is 3.25. The van der Waals surface area contributed by atoms with Gasteiger partial charge in [0.05, 0.1) is 6.61 Å². The molecule has 3 N–H and O–H groups in total. The molecule has 0 spiro atoms. The number of amidine groups is 1. The molecule has 0 radical (unpaired) electrons. The van der Waals surface area contributed by atoms with Gasteiger partial charge in [0.25, 0.3) is 11.8 Å². The van der Waals surface area contributed by atoms with Crippen LogP contribution in [0.25, 0.3) is 0 Å². The Kier molecular flexibility index (Phi) is 6.61. The number of pyridine rings is 1. The number of aromatic nitrogens is 1. The van der Waals surface area contributed by atoms with Crippen LogP contribution >= 0.6 is 0 Å². The second-order valence-corrected chi connectivity index (χ2v) is 7.21. The van der Waals surface area contributed by atoms with Crippen molar-refractivity contribution in [2.75, 3.05) is 25.1 Å². The lowest BCUT2D eigenvalue weighted by atomic mass is 9.85. The number of halogens is 3. The molecule has 10 heteroatoms. The Hall–Kier alpha value is -2.98. The van der Waals surface area contributed by atoms with Crippen molar-refractivity contribution in [3.63, 3.8) is 0 Å². The SMILES string of the molecule is CCOCc1ccc(C(=O)Nc2ccc(F)c([C@@]3(C)N=C(N)COCC3(F)F)c2)nc1. The van der Waals surface area contributed by atoms with Gasteiger partial charge in [0, 0.05) is 24.1 Å². The molecule has 0 saturated carbocycles. The molecule has 1 amide bonds.